The van der Waals surface area contributed by atoms with Gasteiger partial charge < -0.3 is 10.1 Å². The standard InChI is InChI=1S/C14H22N4O/c1-15-14-9-16-11(8-17-14)10-18-6-7-19-13-5-3-2-4-12(13)18/h8-9,12-13H,2-7,10H2,1H3,(H,15,17). The van der Waals surface area contributed by atoms with Crippen molar-refractivity contribution >= 4 is 5.82 Å². The monoisotopic (exact) mass is 262 g/mol. The summed E-state index contributed by atoms with van der Waals surface area (Å²) >= 11 is 0. The van der Waals surface area contributed by atoms with Crippen molar-refractivity contribution in [2.75, 3.05) is 25.5 Å². The molecule has 1 aliphatic carbocycles. The summed E-state index contributed by atoms with van der Waals surface area (Å²) in [6.45, 7) is 2.75. The maximum atomic E-state index is 5.90. The molecule has 5 nitrogen and oxygen atoms in total. The van der Waals surface area contributed by atoms with Crippen molar-refractivity contribution in [1.82, 2.24) is 14.9 Å². The van der Waals surface area contributed by atoms with E-state index in [1.165, 1.54) is 25.7 Å². The lowest BCUT2D eigenvalue weighted by molar-refractivity contribution is -0.0914. The van der Waals surface area contributed by atoms with Crippen LogP contribution in [-0.2, 0) is 11.3 Å². The molecule has 5 heteroatoms. The van der Waals surface area contributed by atoms with Gasteiger partial charge in [-0.3, -0.25) is 9.88 Å². The van der Waals surface area contributed by atoms with E-state index in [4.69, 9.17) is 4.74 Å². The van der Waals surface area contributed by atoms with Crippen LogP contribution in [0.1, 0.15) is 31.4 Å². The van der Waals surface area contributed by atoms with Gasteiger partial charge in [0.05, 0.1) is 30.8 Å². The summed E-state index contributed by atoms with van der Waals surface area (Å²) in [4.78, 5) is 11.3. The van der Waals surface area contributed by atoms with E-state index in [0.29, 0.717) is 12.1 Å². The molecule has 1 aromatic heterocycles. The topological polar surface area (TPSA) is 50.3 Å². The molecule has 2 atom stereocenters. The van der Waals surface area contributed by atoms with Crippen molar-refractivity contribution in [1.29, 1.82) is 0 Å². The molecule has 19 heavy (non-hydrogen) atoms. The summed E-state index contributed by atoms with van der Waals surface area (Å²) in [6.07, 6.45) is 9.22. The molecule has 2 fully saturated rings. The molecule has 0 spiro atoms. The van der Waals surface area contributed by atoms with Gasteiger partial charge in [-0.15, -0.1) is 0 Å². The van der Waals surface area contributed by atoms with Crippen LogP contribution < -0.4 is 5.32 Å². The minimum Gasteiger partial charge on any atom is -0.375 e. The summed E-state index contributed by atoms with van der Waals surface area (Å²) in [5, 5.41) is 3.00. The molecule has 0 aromatic carbocycles. The Bertz CT molecular complexity index is 406. The molecular weight excluding hydrogens is 240 g/mol. The number of fused-ring (bicyclic) bond motifs is 1. The van der Waals surface area contributed by atoms with Gasteiger partial charge in [-0.1, -0.05) is 12.8 Å². The van der Waals surface area contributed by atoms with Crippen molar-refractivity contribution in [3.05, 3.63) is 18.1 Å². The van der Waals surface area contributed by atoms with Gasteiger partial charge in [0.15, 0.2) is 0 Å². The summed E-state index contributed by atoms with van der Waals surface area (Å²) in [7, 11) is 1.86. The highest BCUT2D eigenvalue weighted by molar-refractivity contribution is 5.29. The fraction of sp³-hybridized carbons (Fsp3) is 0.714. The Kier molecular flexibility index (Phi) is 3.94. The largest absolute Gasteiger partial charge is 0.375 e. The number of ether oxygens (including phenoxy) is 1. The Labute approximate surface area is 114 Å². The summed E-state index contributed by atoms with van der Waals surface area (Å²) in [6, 6.07) is 0.577. The van der Waals surface area contributed by atoms with Crippen molar-refractivity contribution in [3.8, 4) is 0 Å². The van der Waals surface area contributed by atoms with Crippen LogP contribution in [0, 0.1) is 0 Å². The number of morpholine rings is 1. The molecule has 1 saturated carbocycles. The number of nitrogens with zero attached hydrogens (tertiary/aromatic N) is 3. The number of rotatable bonds is 3. The van der Waals surface area contributed by atoms with Gasteiger partial charge in [0.1, 0.15) is 5.82 Å². The van der Waals surface area contributed by atoms with E-state index in [2.05, 4.69) is 20.2 Å². The van der Waals surface area contributed by atoms with Gasteiger partial charge in [-0.2, -0.15) is 0 Å². The normalized spacial score (nSPS) is 27.8. The number of anilines is 1. The SMILES string of the molecule is CNc1cnc(CN2CCOC3CCCCC32)cn1. The second-order valence-corrected chi connectivity index (χ2v) is 5.37. The van der Waals surface area contributed by atoms with Crippen molar-refractivity contribution in [2.45, 2.75) is 44.4 Å². The number of aromatic nitrogens is 2. The van der Waals surface area contributed by atoms with Gasteiger partial charge in [0.2, 0.25) is 0 Å². The van der Waals surface area contributed by atoms with E-state index < -0.39 is 0 Å². The van der Waals surface area contributed by atoms with E-state index in [-0.39, 0.29) is 0 Å². The lowest BCUT2D eigenvalue weighted by Gasteiger charge is -2.43. The van der Waals surface area contributed by atoms with Crippen molar-refractivity contribution in [2.24, 2.45) is 0 Å². The molecule has 1 N–H and O–H groups in total. The maximum absolute atomic E-state index is 5.90. The Morgan fingerprint density at radius 2 is 2.21 bits per heavy atom. The quantitative estimate of drug-likeness (QED) is 0.898. The van der Waals surface area contributed by atoms with Gasteiger partial charge in [-0.25, -0.2) is 4.98 Å². The zero-order valence-corrected chi connectivity index (χ0v) is 11.5. The average Bonchev–Trinajstić information content (AvgIpc) is 2.48. The minimum absolute atomic E-state index is 0.437. The van der Waals surface area contributed by atoms with Crippen LogP contribution in [0.5, 0.6) is 0 Å². The Balaban J connectivity index is 1.66. The second-order valence-electron chi connectivity index (χ2n) is 5.37. The van der Waals surface area contributed by atoms with E-state index in [1.807, 2.05) is 13.2 Å². The van der Waals surface area contributed by atoms with Crippen LogP contribution in [0.3, 0.4) is 0 Å². The number of hydrogen-bond acceptors (Lipinski definition) is 5. The third kappa shape index (κ3) is 2.87. The molecular formula is C14H22N4O. The molecule has 0 amide bonds. The highest BCUT2D eigenvalue weighted by Gasteiger charge is 2.34. The highest BCUT2D eigenvalue weighted by Crippen LogP contribution is 2.29. The molecule has 104 valence electrons. The number of nitrogens with one attached hydrogen (secondary N) is 1. The molecule has 0 bridgehead atoms. The van der Waals surface area contributed by atoms with Gasteiger partial charge in [0.25, 0.3) is 0 Å². The Morgan fingerprint density at radius 3 is 3.00 bits per heavy atom. The van der Waals surface area contributed by atoms with E-state index >= 15 is 0 Å². The fourth-order valence-corrected chi connectivity index (χ4v) is 3.15. The lowest BCUT2D eigenvalue weighted by Crippen LogP contribution is -2.52. The summed E-state index contributed by atoms with van der Waals surface area (Å²) in [5.74, 6) is 0.821. The zero-order chi connectivity index (χ0) is 13.1. The van der Waals surface area contributed by atoms with Gasteiger partial charge in [0, 0.05) is 26.2 Å². The average molecular weight is 262 g/mol. The molecule has 1 aromatic rings. The van der Waals surface area contributed by atoms with Crippen molar-refractivity contribution < 1.29 is 4.74 Å². The Morgan fingerprint density at radius 1 is 1.32 bits per heavy atom. The van der Waals surface area contributed by atoms with Crippen LogP contribution in [-0.4, -0.2) is 47.2 Å². The smallest absolute Gasteiger partial charge is 0.144 e. The minimum atomic E-state index is 0.437. The van der Waals surface area contributed by atoms with E-state index in [9.17, 15) is 0 Å². The summed E-state index contributed by atoms with van der Waals surface area (Å²) < 4.78 is 5.90. The summed E-state index contributed by atoms with van der Waals surface area (Å²) in [5.41, 5.74) is 1.05. The first-order chi connectivity index (χ1) is 9.36. The molecule has 2 unspecified atom stereocenters. The van der Waals surface area contributed by atoms with Crippen LogP contribution in [0.2, 0.25) is 0 Å². The lowest BCUT2D eigenvalue weighted by atomic mass is 9.90. The van der Waals surface area contributed by atoms with Crippen LogP contribution in [0.15, 0.2) is 12.4 Å². The third-order valence-corrected chi connectivity index (χ3v) is 4.17. The molecule has 2 heterocycles. The predicted octanol–water partition coefficient (Wildman–Crippen LogP) is 1.66. The highest BCUT2D eigenvalue weighted by atomic mass is 16.5. The zero-order valence-electron chi connectivity index (χ0n) is 11.5. The van der Waals surface area contributed by atoms with Crippen LogP contribution in [0.25, 0.3) is 0 Å². The Hall–Kier alpha value is -1.20. The third-order valence-electron chi connectivity index (χ3n) is 4.17. The molecule has 0 radical (unpaired) electrons. The van der Waals surface area contributed by atoms with Crippen LogP contribution >= 0.6 is 0 Å². The molecule has 1 saturated heterocycles. The fourth-order valence-electron chi connectivity index (χ4n) is 3.15. The molecule has 2 aliphatic rings. The molecule has 3 rings (SSSR count). The first-order valence-corrected chi connectivity index (χ1v) is 7.21. The first-order valence-electron chi connectivity index (χ1n) is 7.21. The number of hydrogen-bond donors (Lipinski definition) is 1. The maximum Gasteiger partial charge on any atom is 0.144 e. The van der Waals surface area contributed by atoms with Crippen molar-refractivity contribution in [3.63, 3.8) is 0 Å². The predicted molar refractivity (Wildman–Crippen MR) is 74.0 cm³/mol. The van der Waals surface area contributed by atoms with Gasteiger partial charge in [-0.05, 0) is 12.8 Å². The van der Waals surface area contributed by atoms with Gasteiger partial charge >= 0.3 is 0 Å². The second kappa shape index (κ2) is 5.84. The van der Waals surface area contributed by atoms with E-state index in [0.717, 1.165) is 31.2 Å². The first kappa shape index (κ1) is 12.8. The van der Waals surface area contributed by atoms with E-state index in [1.54, 1.807) is 6.20 Å². The van der Waals surface area contributed by atoms with Crippen LogP contribution in [0.4, 0.5) is 5.82 Å². The molecule has 1 aliphatic heterocycles.